The number of carboxylic acid groups (broad SMARTS) is 1. The number of carboxylic acids is 1. The van der Waals surface area contributed by atoms with E-state index in [1.54, 1.807) is 13.0 Å². The second-order valence-electron chi connectivity index (χ2n) is 3.69. The average Bonchev–Trinajstić information content (AvgIpc) is 2.36. The molecular formula is C12H14ClNO5. The number of ether oxygens (including phenoxy) is 2. The standard InChI is InChI=1S/C12H14ClNO5/c1-7(18-2)12(17)14-8-3-4-10(9(13)5-8)19-6-11(15)16/h3-5,7H,6H2,1-2H3,(H,14,17)(H,15,16). The van der Waals surface area contributed by atoms with Crippen molar-refractivity contribution < 1.29 is 24.2 Å². The molecule has 0 saturated carbocycles. The number of rotatable bonds is 6. The van der Waals surface area contributed by atoms with E-state index in [-0.39, 0.29) is 16.7 Å². The maximum absolute atomic E-state index is 11.6. The molecule has 6 nitrogen and oxygen atoms in total. The highest BCUT2D eigenvalue weighted by molar-refractivity contribution is 6.32. The van der Waals surface area contributed by atoms with Crippen LogP contribution in [0.25, 0.3) is 0 Å². The highest BCUT2D eigenvalue weighted by Crippen LogP contribution is 2.27. The van der Waals surface area contributed by atoms with Crippen molar-refractivity contribution in [3.05, 3.63) is 23.2 Å². The molecule has 1 rings (SSSR count). The highest BCUT2D eigenvalue weighted by Gasteiger charge is 2.12. The van der Waals surface area contributed by atoms with Gasteiger partial charge in [0.1, 0.15) is 11.9 Å². The van der Waals surface area contributed by atoms with Gasteiger partial charge in [0.05, 0.1) is 5.02 Å². The van der Waals surface area contributed by atoms with Crippen molar-refractivity contribution in [1.29, 1.82) is 0 Å². The van der Waals surface area contributed by atoms with Crippen molar-refractivity contribution in [2.24, 2.45) is 0 Å². The zero-order chi connectivity index (χ0) is 14.4. The molecule has 0 saturated heterocycles. The Balaban J connectivity index is 2.71. The summed E-state index contributed by atoms with van der Waals surface area (Å²) in [5.41, 5.74) is 0.474. The Morgan fingerprint density at radius 1 is 1.47 bits per heavy atom. The predicted octanol–water partition coefficient (Wildman–Crippen LogP) is 1.78. The number of amides is 1. The minimum absolute atomic E-state index is 0.212. The van der Waals surface area contributed by atoms with Crippen molar-refractivity contribution in [2.45, 2.75) is 13.0 Å². The van der Waals surface area contributed by atoms with Crippen LogP contribution in [0.4, 0.5) is 5.69 Å². The number of carbonyl (C=O) groups excluding carboxylic acids is 1. The Hall–Kier alpha value is -1.79. The highest BCUT2D eigenvalue weighted by atomic mass is 35.5. The first-order valence-corrected chi connectivity index (χ1v) is 5.79. The van der Waals surface area contributed by atoms with E-state index in [1.807, 2.05) is 0 Å². The summed E-state index contributed by atoms with van der Waals surface area (Å²) in [6.07, 6.45) is -0.582. The van der Waals surface area contributed by atoms with Crippen LogP contribution in [-0.4, -0.2) is 36.8 Å². The normalized spacial score (nSPS) is 11.7. The van der Waals surface area contributed by atoms with E-state index in [2.05, 4.69) is 5.32 Å². The van der Waals surface area contributed by atoms with E-state index < -0.39 is 18.7 Å². The van der Waals surface area contributed by atoms with Crippen molar-refractivity contribution >= 4 is 29.2 Å². The maximum atomic E-state index is 11.6. The lowest BCUT2D eigenvalue weighted by Crippen LogP contribution is -2.26. The number of aliphatic carboxylic acids is 1. The van der Waals surface area contributed by atoms with Crippen molar-refractivity contribution in [1.82, 2.24) is 0 Å². The third kappa shape index (κ3) is 4.76. The first-order valence-electron chi connectivity index (χ1n) is 5.42. The van der Waals surface area contributed by atoms with Gasteiger partial charge >= 0.3 is 5.97 Å². The Morgan fingerprint density at radius 2 is 2.16 bits per heavy atom. The molecule has 0 fully saturated rings. The fourth-order valence-corrected chi connectivity index (χ4v) is 1.42. The lowest BCUT2D eigenvalue weighted by molar-refractivity contribution is -0.139. The van der Waals surface area contributed by atoms with Crippen LogP contribution in [0.5, 0.6) is 5.75 Å². The van der Waals surface area contributed by atoms with Gasteiger partial charge in [0, 0.05) is 12.8 Å². The molecule has 19 heavy (non-hydrogen) atoms. The zero-order valence-electron chi connectivity index (χ0n) is 10.5. The van der Waals surface area contributed by atoms with Gasteiger partial charge in [0.15, 0.2) is 6.61 Å². The number of hydrogen-bond acceptors (Lipinski definition) is 4. The van der Waals surface area contributed by atoms with E-state index in [4.69, 9.17) is 26.2 Å². The molecule has 1 atom stereocenters. The van der Waals surface area contributed by atoms with Gasteiger partial charge in [-0.15, -0.1) is 0 Å². The molecule has 0 aromatic heterocycles. The molecule has 1 aromatic carbocycles. The van der Waals surface area contributed by atoms with Gasteiger partial charge in [0.25, 0.3) is 5.91 Å². The number of methoxy groups -OCH3 is 1. The van der Waals surface area contributed by atoms with Gasteiger partial charge in [-0.2, -0.15) is 0 Å². The van der Waals surface area contributed by atoms with Gasteiger partial charge in [-0.1, -0.05) is 11.6 Å². The van der Waals surface area contributed by atoms with Crippen molar-refractivity contribution in [3.8, 4) is 5.75 Å². The fraction of sp³-hybridized carbons (Fsp3) is 0.333. The van der Waals surface area contributed by atoms with E-state index in [0.29, 0.717) is 5.69 Å². The van der Waals surface area contributed by atoms with Crippen LogP contribution in [-0.2, 0) is 14.3 Å². The lowest BCUT2D eigenvalue weighted by Gasteiger charge is -2.12. The van der Waals surface area contributed by atoms with E-state index in [0.717, 1.165) is 0 Å². The Morgan fingerprint density at radius 3 is 2.68 bits per heavy atom. The summed E-state index contributed by atoms with van der Waals surface area (Å²) in [4.78, 5) is 21.9. The smallest absolute Gasteiger partial charge is 0.341 e. The summed E-state index contributed by atoms with van der Waals surface area (Å²) >= 11 is 5.91. The number of anilines is 1. The Labute approximate surface area is 115 Å². The first-order chi connectivity index (χ1) is 8.93. The molecule has 104 valence electrons. The summed E-state index contributed by atoms with van der Waals surface area (Å²) in [7, 11) is 1.43. The van der Waals surface area contributed by atoms with Crippen LogP contribution in [0.1, 0.15) is 6.92 Å². The van der Waals surface area contributed by atoms with E-state index in [1.165, 1.54) is 19.2 Å². The number of benzene rings is 1. The summed E-state index contributed by atoms with van der Waals surface area (Å²) < 4.78 is 9.83. The van der Waals surface area contributed by atoms with Crippen LogP contribution >= 0.6 is 11.6 Å². The molecule has 1 unspecified atom stereocenters. The largest absolute Gasteiger partial charge is 0.480 e. The van der Waals surface area contributed by atoms with Gasteiger partial charge in [0.2, 0.25) is 0 Å². The molecule has 2 N–H and O–H groups in total. The molecule has 1 aromatic rings. The molecular weight excluding hydrogens is 274 g/mol. The van der Waals surface area contributed by atoms with Gasteiger partial charge in [-0.05, 0) is 25.1 Å². The molecule has 0 spiro atoms. The minimum atomic E-state index is -1.10. The summed E-state index contributed by atoms with van der Waals surface area (Å²) in [5, 5.41) is 11.3. The summed E-state index contributed by atoms with van der Waals surface area (Å²) in [6, 6.07) is 4.51. The monoisotopic (exact) mass is 287 g/mol. The van der Waals surface area contributed by atoms with Crippen molar-refractivity contribution in [2.75, 3.05) is 19.0 Å². The lowest BCUT2D eigenvalue weighted by atomic mass is 10.3. The van der Waals surface area contributed by atoms with Crippen molar-refractivity contribution in [3.63, 3.8) is 0 Å². The topological polar surface area (TPSA) is 84.9 Å². The average molecular weight is 288 g/mol. The van der Waals surface area contributed by atoms with Crippen LogP contribution < -0.4 is 10.1 Å². The second kappa shape index (κ2) is 6.96. The molecule has 0 radical (unpaired) electrons. The molecule has 0 heterocycles. The summed E-state index contributed by atoms with van der Waals surface area (Å²) in [6.45, 7) is 1.13. The molecule has 0 bridgehead atoms. The zero-order valence-corrected chi connectivity index (χ0v) is 11.2. The Bertz CT molecular complexity index is 477. The molecule has 0 aliphatic carbocycles. The molecule has 7 heteroatoms. The third-order valence-electron chi connectivity index (χ3n) is 2.27. The summed E-state index contributed by atoms with van der Waals surface area (Å²) in [5.74, 6) is -1.16. The SMILES string of the molecule is COC(C)C(=O)Nc1ccc(OCC(=O)O)c(Cl)c1. The van der Waals surface area contributed by atoms with Crippen LogP contribution in [0, 0.1) is 0 Å². The van der Waals surface area contributed by atoms with E-state index in [9.17, 15) is 9.59 Å². The minimum Gasteiger partial charge on any atom is -0.480 e. The quantitative estimate of drug-likeness (QED) is 0.833. The second-order valence-corrected chi connectivity index (χ2v) is 4.10. The number of halogens is 1. The van der Waals surface area contributed by atoms with Gasteiger partial charge in [-0.3, -0.25) is 4.79 Å². The maximum Gasteiger partial charge on any atom is 0.341 e. The van der Waals surface area contributed by atoms with Gasteiger partial charge < -0.3 is 19.9 Å². The van der Waals surface area contributed by atoms with Gasteiger partial charge in [-0.25, -0.2) is 4.79 Å². The Kier molecular flexibility index (Phi) is 5.59. The van der Waals surface area contributed by atoms with Crippen LogP contribution in [0.2, 0.25) is 5.02 Å². The van der Waals surface area contributed by atoms with E-state index >= 15 is 0 Å². The molecule has 0 aliphatic heterocycles. The number of nitrogens with one attached hydrogen (secondary N) is 1. The number of hydrogen-bond donors (Lipinski definition) is 2. The van der Waals surface area contributed by atoms with Crippen LogP contribution in [0.3, 0.4) is 0 Å². The number of carbonyl (C=O) groups is 2. The predicted molar refractivity (Wildman–Crippen MR) is 69.7 cm³/mol. The first kappa shape index (κ1) is 15.3. The molecule has 0 aliphatic rings. The van der Waals surface area contributed by atoms with Crippen LogP contribution in [0.15, 0.2) is 18.2 Å². The molecule has 1 amide bonds. The fourth-order valence-electron chi connectivity index (χ4n) is 1.19. The third-order valence-corrected chi connectivity index (χ3v) is 2.57.